The van der Waals surface area contributed by atoms with E-state index in [1.54, 1.807) is 31.2 Å². The number of nitrogens with one attached hydrogen (secondary N) is 1. The van der Waals surface area contributed by atoms with E-state index in [0.717, 1.165) is 4.31 Å². The van der Waals surface area contributed by atoms with Crippen molar-refractivity contribution in [3.63, 3.8) is 0 Å². The smallest absolute Gasteiger partial charge is 0.276 e. The maximum atomic E-state index is 13.9. The minimum Gasteiger partial charge on any atom is -0.320 e. The Morgan fingerprint density at radius 3 is 2.54 bits per heavy atom. The predicted molar refractivity (Wildman–Crippen MR) is 104 cm³/mol. The van der Waals surface area contributed by atoms with E-state index >= 15 is 0 Å². The van der Waals surface area contributed by atoms with Gasteiger partial charge in [-0.25, -0.2) is 21.8 Å². The van der Waals surface area contributed by atoms with E-state index in [9.17, 15) is 17.6 Å². The number of amides is 1. The molecule has 146 valence electrons. The number of benzene rings is 2. The Kier molecular flexibility index (Phi) is 5.30. The number of hydrogen-bond donors (Lipinski definition) is 1. The van der Waals surface area contributed by atoms with Gasteiger partial charge in [-0.2, -0.15) is 5.10 Å². The molecule has 0 fully saturated rings. The highest BCUT2D eigenvalue weighted by Gasteiger charge is 2.19. The molecule has 1 amide bonds. The van der Waals surface area contributed by atoms with Crippen LogP contribution in [-0.2, 0) is 10.0 Å². The van der Waals surface area contributed by atoms with Gasteiger partial charge < -0.3 is 5.32 Å². The zero-order chi connectivity index (χ0) is 20.5. The molecular formula is C19H19FN4O3S. The molecule has 0 bridgehead atoms. The maximum absolute atomic E-state index is 13.9. The normalized spacial score (nSPS) is 11.6. The third kappa shape index (κ3) is 3.80. The molecule has 0 atom stereocenters. The lowest BCUT2D eigenvalue weighted by Gasteiger charge is -2.14. The van der Waals surface area contributed by atoms with Gasteiger partial charge in [0.2, 0.25) is 10.0 Å². The van der Waals surface area contributed by atoms with Crippen molar-refractivity contribution in [2.24, 2.45) is 0 Å². The predicted octanol–water partition coefficient (Wildman–Crippen LogP) is 2.82. The number of rotatable bonds is 5. The second-order valence-electron chi connectivity index (χ2n) is 6.32. The maximum Gasteiger partial charge on any atom is 0.276 e. The van der Waals surface area contributed by atoms with Crippen LogP contribution >= 0.6 is 0 Å². The lowest BCUT2D eigenvalue weighted by molar-refractivity contribution is 0.102. The van der Waals surface area contributed by atoms with Crippen molar-refractivity contribution < 1.29 is 17.6 Å². The molecule has 2 aromatic carbocycles. The van der Waals surface area contributed by atoms with Crippen LogP contribution in [0, 0.1) is 12.7 Å². The first-order chi connectivity index (χ1) is 13.2. The quantitative estimate of drug-likeness (QED) is 0.711. The third-order valence-electron chi connectivity index (χ3n) is 4.16. The first-order valence-corrected chi connectivity index (χ1v) is 9.79. The summed E-state index contributed by atoms with van der Waals surface area (Å²) in [6.07, 6.45) is 1.48. The summed E-state index contributed by atoms with van der Waals surface area (Å²) in [5.74, 6) is -0.993. The van der Waals surface area contributed by atoms with Gasteiger partial charge in [0.1, 0.15) is 11.5 Å². The average Bonchev–Trinajstić information content (AvgIpc) is 3.13. The topological polar surface area (TPSA) is 84.3 Å². The molecule has 0 saturated carbocycles. The van der Waals surface area contributed by atoms with E-state index in [1.807, 2.05) is 0 Å². The molecule has 7 nitrogen and oxygen atoms in total. The Morgan fingerprint density at radius 2 is 1.86 bits per heavy atom. The fourth-order valence-electron chi connectivity index (χ4n) is 2.51. The van der Waals surface area contributed by atoms with E-state index < -0.39 is 21.7 Å². The highest BCUT2D eigenvalue weighted by Crippen LogP contribution is 2.22. The molecule has 0 spiro atoms. The van der Waals surface area contributed by atoms with Crippen molar-refractivity contribution in [3.05, 3.63) is 71.8 Å². The number of carbonyl (C=O) groups is 1. The van der Waals surface area contributed by atoms with Crippen LogP contribution in [-0.4, -0.2) is 42.5 Å². The van der Waals surface area contributed by atoms with Gasteiger partial charge in [-0.15, -0.1) is 0 Å². The Hall–Kier alpha value is -3.04. The van der Waals surface area contributed by atoms with E-state index in [4.69, 9.17) is 0 Å². The molecule has 28 heavy (non-hydrogen) atoms. The van der Waals surface area contributed by atoms with Crippen LogP contribution in [0.1, 0.15) is 16.1 Å². The highest BCUT2D eigenvalue weighted by atomic mass is 32.2. The fourth-order valence-corrected chi connectivity index (χ4v) is 3.44. The number of halogens is 1. The van der Waals surface area contributed by atoms with Gasteiger partial charge in [0.05, 0.1) is 4.90 Å². The summed E-state index contributed by atoms with van der Waals surface area (Å²) in [7, 11) is -0.766. The van der Waals surface area contributed by atoms with Gasteiger partial charge in [0.25, 0.3) is 5.91 Å². The second kappa shape index (κ2) is 7.53. The molecule has 3 rings (SSSR count). The number of anilines is 1. The Bertz CT molecular complexity index is 1140. The van der Waals surface area contributed by atoms with E-state index in [-0.39, 0.29) is 16.3 Å². The van der Waals surface area contributed by atoms with Gasteiger partial charge in [-0.3, -0.25) is 4.79 Å². The van der Waals surface area contributed by atoms with Gasteiger partial charge in [-0.1, -0.05) is 18.2 Å². The standard InChI is InChI=1S/C19H19FN4O3S/c1-13-8-9-14(28(26,27)23(2)3)12-17(13)21-19(25)16-10-11-24(22-16)18-7-5-4-6-15(18)20/h4-12H,1-3H3,(H,21,25). The lowest BCUT2D eigenvalue weighted by Crippen LogP contribution is -2.22. The number of nitrogens with zero attached hydrogens (tertiary/aromatic N) is 3. The number of aromatic nitrogens is 2. The van der Waals surface area contributed by atoms with Gasteiger partial charge in [0.15, 0.2) is 5.69 Å². The van der Waals surface area contributed by atoms with Crippen molar-refractivity contribution in [1.29, 1.82) is 0 Å². The first-order valence-electron chi connectivity index (χ1n) is 8.35. The molecule has 1 heterocycles. The summed E-state index contributed by atoms with van der Waals surface area (Å²) in [6.45, 7) is 1.75. The summed E-state index contributed by atoms with van der Waals surface area (Å²) >= 11 is 0. The Labute approximate surface area is 162 Å². The number of hydrogen-bond acceptors (Lipinski definition) is 4. The van der Waals surface area contributed by atoms with E-state index in [0.29, 0.717) is 11.3 Å². The van der Waals surface area contributed by atoms with E-state index in [2.05, 4.69) is 10.4 Å². The summed E-state index contributed by atoms with van der Waals surface area (Å²) in [6, 6.07) is 12.0. The molecule has 3 aromatic rings. The number of para-hydroxylation sites is 1. The molecule has 9 heteroatoms. The molecule has 0 saturated heterocycles. The van der Waals surface area contributed by atoms with Gasteiger partial charge >= 0.3 is 0 Å². The fraction of sp³-hybridized carbons (Fsp3) is 0.158. The van der Waals surface area contributed by atoms with Crippen LogP contribution in [0.4, 0.5) is 10.1 Å². The molecule has 0 aliphatic heterocycles. The summed E-state index contributed by atoms with van der Waals surface area (Å²) < 4.78 is 40.9. The number of carbonyl (C=O) groups excluding carboxylic acids is 1. The minimum atomic E-state index is -3.63. The molecule has 0 aliphatic carbocycles. The van der Waals surface area contributed by atoms with Crippen LogP contribution < -0.4 is 5.32 Å². The van der Waals surface area contributed by atoms with Crippen LogP contribution in [0.15, 0.2) is 59.6 Å². The second-order valence-corrected chi connectivity index (χ2v) is 8.47. The van der Waals surface area contributed by atoms with Crippen molar-refractivity contribution >= 4 is 21.6 Å². The van der Waals surface area contributed by atoms with Crippen LogP contribution in [0.5, 0.6) is 0 Å². The van der Waals surface area contributed by atoms with Crippen LogP contribution in [0.25, 0.3) is 5.69 Å². The largest absolute Gasteiger partial charge is 0.320 e. The average molecular weight is 402 g/mol. The number of sulfonamides is 1. The highest BCUT2D eigenvalue weighted by molar-refractivity contribution is 7.89. The molecule has 1 aromatic heterocycles. The summed E-state index contributed by atoms with van der Waals surface area (Å²) in [5.41, 5.74) is 1.34. The van der Waals surface area contributed by atoms with Crippen molar-refractivity contribution in [1.82, 2.24) is 14.1 Å². The summed E-state index contributed by atoms with van der Waals surface area (Å²) in [5, 5.41) is 6.77. The van der Waals surface area contributed by atoms with Crippen LogP contribution in [0.3, 0.4) is 0 Å². The SMILES string of the molecule is Cc1ccc(S(=O)(=O)N(C)C)cc1NC(=O)c1ccn(-c2ccccc2F)n1. The third-order valence-corrected chi connectivity index (χ3v) is 5.97. The summed E-state index contributed by atoms with van der Waals surface area (Å²) in [4.78, 5) is 12.6. The lowest BCUT2D eigenvalue weighted by atomic mass is 10.2. The first kappa shape index (κ1) is 19.7. The van der Waals surface area contributed by atoms with Crippen LogP contribution in [0.2, 0.25) is 0 Å². The Balaban J connectivity index is 1.87. The zero-order valence-electron chi connectivity index (χ0n) is 15.5. The molecule has 0 radical (unpaired) electrons. The van der Waals surface area contributed by atoms with E-state index in [1.165, 1.54) is 49.2 Å². The van der Waals surface area contributed by atoms with Crippen molar-refractivity contribution in [3.8, 4) is 5.69 Å². The van der Waals surface area contributed by atoms with Crippen molar-refractivity contribution in [2.75, 3.05) is 19.4 Å². The zero-order valence-corrected chi connectivity index (χ0v) is 16.4. The molecule has 1 N–H and O–H groups in total. The number of aryl methyl sites for hydroxylation is 1. The monoisotopic (exact) mass is 402 g/mol. The molecule has 0 aliphatic rings. The Morgan fingerprint density at radius 1 is 1.14 bits per heavy atom. The minimum absolute atomic E-state index is 0.0651. The van der Waals surface area contributed by atoms with Crippen molar-refractivity contribution in [2.45, 2.75) is 11.8 Å². The molecule has 0 unspecified atom stereocenters. The van der Waals surface area contributed by atoms with Gasteiger partial charge in [-0.05, 0) is 42.8 Å². The molecular weight excluding hydrogens is 383 g/mol. The van der Waals surface area contributed by atoms with Gasteiger partial charge in [0, 0.05) is 26.0 Å².